The summed E-state index contributed by atoms with van der Waals surface area (Å²) in [5.41, 5.74) is 3.57. The second kappa shape index (κ2) is 9.79. The highest BCUT2D eigenvalue weighted by molar-refractivity contribution is 6.30. The van der Waals surface area contributed by atoms with Crippen LogP contribution in [0.15, 0.2) is 60.7 Å². The molecule has 0 heterocycles. The van der Waals surface area contributed by atoms with Crippen LogP contribution in [0.5, 0.6) is 17.2 Å². The molecule has 3 rings (SSSR count). The van der Waals surface area contributed by atoms with E-state index < -0.39 is 35.2 Å². The maximum atomic E-state index is 14.0. The standard InChI is InChI=1S/C23H16ClF5N2O4/c1-34-19-11-14(24)6-8-17(19)35-18-10-13(22(25,26)23(27,28)29)5-7-16(18)21(33)31-15-4-2-3-12(9-15)20(30)32/h2-11H,1H3,(H2,30,32)(H,31,33). The minimum atomic E-state index is -5.89. The predicted molar refractivity (Wildman–Crippen MR) is 117 cm³/mol. The zero-order chi connectivity index (χ0) is 26.0. The number of nitrogens with one attached hydrogen (secondary N) is 1. The van der Waals surface area contributed by atoms with Crippen molar-refractivity contribution in [1.82, 2.24) is 0 Å². The minimum absolute atomic E-state index is 0.0333. The van der Waals surface area contributed by atoms with Crippen molar-refractivity contribution in [3.63, 3.8) is 0 Å². The van der Waals surface area contributed by atoms with Crippen LogP contribution in [0.3, 0.4) is 0 Å². The van der Waals surface area contributed by atoms with E-state index in [-0.39, 0.29) is 33.3 Å². The third kappa shape index (κ3) is 5.62. The lowest BCUT2D eigenvalue weighted by atomic mass is 10.0. The molecule has 3 aromatic rings. The Balaban J connectivity index is 2.07. The zero-order valence-corrected chi connectivity index (χ0v) is 18.5. The topological polar surface area (TPSA) is 90.7 Å². The molecule has 0 aromatic heterocycles. The molecule has 3 aromatic carbocycles. The van der Waals surface area contributed by atoms with Crippen LogP contribution in [0.2, 0.25) is 5.02 Å². The van der Waals surface area contributed by atoms with Gasteiger partial charge < -0.3 is 20.5 Å². The largest absolute Gasteiger partial charge is 0.493 e. The summed E-state index contributed by atoms with van der Waals surface area (Å²) in [7, 11) is 1.26. The predicted octanol–water partition coefficient (Wildman–Crippen LogP) is 6.15. The number of amides is 2. The highest BCUT2D eigenvalue weighted by Crippen LogP contribution is 2.46. The van der Waals surface area contributed by atoms with Gasteiger partial charge in [0.2, 0.25) is 5.91 Å². The molecule has 0 saturated heterocycles. The maximum Gasteiger partial charge on any atom is 0.458 e. The number of anilines is 1. The second-order valence-corrected chi connectivity index (χ2v) is 7.52. The fraction of sp³-hybridized carbons (Fsp3) is 0.130. The van der Waals surface area contributed by atoms with Crippen LogP contribution in [0, 0.1) is 0 Å². The third-order valence-electron chi connectivity index (χ3n) is 4.70. The van der Waals surface area contributed by atoms with E-state index in [1.807, 2.05) is 0 Å². The van der Waals surface area contributed by atoms with Crippen LogP contribution >= 0.6 is 11.6 Å². The number of ether oxygens (including phenoxy) is 2. The molecule has 6 nitrogen and oxygen atoms in total. The van der Waals surface area contributed by atoms with Crippen molar-refractivity contribution in [1.29, 1.82) is 0 Å². The monoisotopic (exact) mass is 514 g/mol. The van der Waals surface area contributed by atoms with Crippen molar-refractivity contribution < 1.29 is 41.0 Å². The Kier molecular flexibility index (Phi) is 7.20. The van der Waals surface area contributed by atoms with Gasteiger partial charge in [0, 0.05) is 27.9 Å². The number of benzene rings is 3. The normalized spacial score (nSPS) is 11.6. The van der Waals surface area contributed by atoms with Gasteiger partial charge in [-0.3, -0.25) is 9.59 Å². The Bertz CT molecular complexity index is 1280. The highest BCUT2D eigenvalue weighted by atomic mass is 35.5. The Morgan fingerprint density at radius 1 is 0.914 bits per heavy atom. The molecule has 0 spiro atoms. The number of halogens is 6. The fourth-order valence-electron chi connectivity index (χ4n) is 2.95. The van der Waals surface area contributed by atoms with Crippen molar-refractivity contribution in [2.24, 2.45) is 5.73 Å². The summed E-state index contributed by atoms with van der Waals surface area (Å²) < 4.78 is 77.5. The molecule has 2 amide bonds. The van der Waals surface area contributed by atoms with Gasteiger partial charge in [-0.05, 0) is 42.5 Å². The first-order chi connectivity index (χ1) is 16.3. The molecule has 3 N–H and O–H groups in total. The molecular weight excluding hydrogens is 499 g/mol. The number of rotatable bonds is 7. The lowest BCUT2D eigenvalue weighted by Gasteiger charge is -2.21. The molecule has 0 aliphatic heterocycles. The van der Waals surface area contributed by atoms with Crippen LogP contribution in [0.25, 0.3) is 0 Å². The van der Waals surface area contributed by atoms with E-state index in [0.29, 0.717) is 12.1 Å². The van der Waals surface area contributed by atoms with Crippen LogP contribution in [0.1, 0.15) is 26.3 Å². The van der Waals surface area contributed by atoms with Crippen molar-refractivity contribution >= 4 is 29.1 Å². The van der Waals surface area contributed by atoms with Crippen LogP contribution in [-0.4, -0.2) is 25.1 Å². The van der Waals surface area contributed by atoms with Crippen molar-refractivity contribution in [2.75, 3.05) is 12.4 Å². The van der Waals surface area contributed by atoms with Gasteiger partial charge in [0.1, 0.15) is 5.75 Å². The molecule has 0 aliphatic rings. The van der Waals surface area contributed by atoms with Gasteiger partial charge in [0.25, 0.3) is 5.91 Å². The van der Waals surface area contributed by atoms with E-state index in [1.54, 1.807) is 0 Å². The Labute approximate surface area is 200 Å². The summed E-state index contributed by atoms with van der Waals surface area (Å²) in [6.07, 6.45) is -5.89. The summed E-state index contributed by atoms with van der Waals surface area (Å²) in [6, 6.07) is 11.1. The number of primary amides is 1. The van der Waals surface area contributed by atoms with E-state index in [2.05, 4.69) is 5.32 Å². The number of carbonyl (C=O) groups excluding carboxylic acids is 2. The molecular formula is C23H16ClF5N2O4. The Morgan fingerprint density at radius 2 is 1.63 bits per heavy atom. The van der Waals surface area contributed by atoms with E-state index in [1.165, 1.54) is 49.6 Å². The number of methoxy groups -OCH3 is 1. The lowest BCUT2D eigenvalue weighted by molar-refractivity contribution is -0.289. The molecule has 0 saturated carbocycles. The molecule has 0 fully saturated rings. The number of hydrogen-bond acceptors (Lipinski definition) is 4. The van der Waals surface area contributed by atoms with Crippen molar-refractivity contribution in [2.45, 2.75) is 12.1 Å². The summed E-state index contributed by atoms with van der Waals surface area (Å²) >= 11 is 5.88. The molecule has 184 valence electrons. The van der Waals surface area contributed by atoms with E-state index in [4.69, 9.17) is 26.8 Å². The number of nitrogens with two attached hydrogens (primary N) is 1. The van der Waals surface area contributed by atoms with Gasteiger partial charge in [-0.15, -0.1) is 0 Å². The van der Waals surface area contributed by atoms with Gasteiger partial charge in [0.05, 0.1) is 12.7 Å². The van der Waals surface area contributed by atoms with E-state index >= 15 is 0 Å². The number of hydrogen-bond donors (Lipinski definition) is 2. The quantitative estimate of drug-likeness (QED) is 0.370. The molecule has 12 heteroatoms. The summed E-state index contributed by atoms with van der Waals surface area (Å²) in [4.78, 5) is 24.3. The molecule has 0 radical (unpaired) electrons. The minimum Gasteiger partial charge on any atom is -0.493 e. The number of carbonyl (C=O) groups is 2. The average molecular weight is 515 g/mol. The fourth-order valence-corrected chi connectivity index (χ4v) is 3.11. The molecule has 0 bridgehead atoms. The Hall–Kier alpha value is -3.86. The van der Waals surface area contributed by atoms with Crippen LogP contribution in [0.4, 0.5) is 27.6 Å². The Morgan fingerprint density at radius 3 is 2.26 bits per heavy atom. The van der Waals surface area contributed by atoms with Crippen molar-refractivity contribution in [3.8, 4) is 17.2 Å². The third-order valence-corrected chi connectivity index (χ3v) is 4.93. The average Bonchev–Trinajstić information content (AvgIpc) is 2.79. The van der Waals surface area contributed by atoms with E-state index in [0.717, 1.165) is 6.07 Å². The first-order valence-corrected chi connectivity index (χ1v) is 10.0. The number of alkyl halides is 5. The molecule has 35 heavy (non-hydrogen) atoms. The summed E-state index contributed by atoms with van der Waals surface area (Å²) in [5.74, 6) is -7.59. The lowest BCUT2D eigenvalue weighted by Crippen LogP contribution is -2.33. The SMILES string of the molecule is COc1cc(Cl)ccc1Oc1cc(C(F)(F)C(F)(F)F)ccc1C(=O)Nc1cccc(C(N)=O)c1. The first kappa shape index (κ1) is 25.8. The summed E-state index contributed by atoms with van der Waals surface area (Å²) in [5, 5.41) is 2.65. The summed E-state index contributed by atoms with van der Waals surface area (Å²) in [6.45, 7) is 0. The van der Waals surface area contributed by atoms with Crippen LogP contribution in [-0.2, 0) is 5.92 Å². The molecule has 0 aliphatic carbocycles. The first-order valence-electron chi connectivity index (χ1n) is 9.65. The zero-order valence-electron chi connectivity index (χ0n) is 17.8. The second-order valence-electron chi connectivity index (χ2n) is 7.08. The van der Waals surface area contributed by atoms with Gasteiger partial charge in [-0.25, -0.2) is 0 Å². The smallest absolute Gasteiger partial charge is 0.458 e. The maximum absolute atomic E-state index is 14.0. The highest BCUT2D eigenvalue weighted by Gasteiger charge is 2.58. The van der Waals surface area contributed by atoms with Crippen LogP contribution < -0.4 is 20.5 Å². The van der Waals surface area contributed by atoms with Crippen molar-refractivity contribution in [3.05, 3.63) is 82.4 Å². The van der Waals surface area contributed by atoms with Gasteiger partial charge in [-0.1, -0.05) is 23.7 Å². The molecule has 0 atom stereocenters. The molecule has 0 unspecified atom stereocenters. The van der Waals surface area contributed by atoms with Gasteiger partial charge in [-0.2, -0.15) is 22.0 Å². The van der Waals surface area contributed by atoms with E-state index in [9.17, 15) is 31.5 Å². The van der Waals surface area contributed by atoms with Gasteiger partial charge >= 0.3 is 12.1 Å². The van der Waals surface area contributed by atoms with Gasteiger partial charge in [0.15, 0.2) is 11.5 Å².